The quantitative estimate of drug-likeness (QED) is 0.107. The Morgan fingerprint density at radius 3 is 2.06 bits per heavy atom. The first-order chi connectivity index (χ1) is 34.1. The maximum absolute atomic E-state index is 12.8. The molecule has 0 aliphatic carbocycles. The van der Waals surface area contributed by atoms with E-state index in [0.29, 0.717) is 11.1 Å². The third-order valence-corrected chi connectivity index (χ3v) is 16.4. The molecule has 10 aromatic rings. The second-order valence-corrected chi connectivity index (χ2v) is 30.9. The average Bonchev–Trinajstić information content (AvgIpc) is 3.92. The molecular formula is C62H60FGeIrN3O-2. The van der Waals surface area contributed by atoms with Crippen molar-refractivity contribution in [3.8, 4) is 50.6 Å². The van der Waals surface area contributed by atoms with Gasteiger partial charge in [-0.1, -0.05) is 138 Å². The van der Waals surface area contributed by atoms with Gasteiger partial charge in [0.1, 0.15) is 5.58 Å². The number of pyridine rings is 1. The van der Waals surface area contributed by atoms with E-state index in [9.17, 15) is 4.39 Å². The van der Waals surface area contributed by atoms with Crippen LogP contribution in [0, 0.1) is 23.4 Å². The Bertz CT molecular complexity index is 3560. The summed E-state index contributed by atoms with van der Waals surface area (Å²) in [5, 5.41) is 2.03. The molecule has 0 N–H and O–H groups in total. The van der Waals surface area contributed by atoms with Crippen LogP contribution in [0.15, 0.2) is 162 Å². The molecule has 0 spiro atoms. The summed E-state index contributed by atoms with van der Waals surface area (Å²) < 4.78 is 59.1. The van der Waals surface area contributed by atoms with Gasteiger partial charge in [0, 0.05) is 33.9 Å². The summed E-state index contributed by atoms with van der Waals surface area (Å²) in [6, 6.07) is 51.6. The topological polar surface area (TPSA) is 43.9 Å². The van der Waals surface area contributed by atoms with Gasteiger partial charge in [-0.05, 0) is 92.9 Å². The maximum atomic E-state index is 12.8. The molecule has 10 rings (SSSR count). The van der Waals surface area contributed by atoms with Crippen LogP contribution >= 0.6 is 0 Å². The second kappa shape index (κ2) is 20.2. The van der Waals surface area contributed by atoms with Crippen molar-refractivity contribution < 1.29 is 34.4 Å². The van der Waals surface area contributed by atoms with Crippen molar-refractivity contribution in [1.82, 2.24) is 14.5 Å². The van der Waals surface area contributed by atoms with Crippen molar-refractivity contribution in [1.29, 1.82) is 0 Å². The van der Waals surface area contributed by atoms with Crippen molar-refractivity contribution >= 4 is 50.6 Å². The molecule has 0 bridgehead atoms. The van der Waals surface area contributed by atoms with Gasteiger partial charge in [-0.15, -0.1) is 18.2 Å². The van der Waals surface area contributed by atoms with E-state index >= 15 is 0 Å². The van der Waals surface area contributed by atoms with Crippen molar-refractivity contribution in [3.05, 3.63) is 192 Å². The Hall–Kier alpha value is -5.92. The van der Waals surface area contributed by atoms with Gasteiger partial charge >= 0.3 is 104 Å². The summed E-state index contributed by atoms with van der Waals surface area (Å²) in [4.78, 5) is 9.72. The van der Waals surface area contributed by atoms with Gasteiger partial charge in [-0.25, -0.2) is 0 Å². The van der Waals surface area contributed by atoms with Crippen LogP contribution < -0.4 is 4.40 Å². The molecule has 0 aliphatic heterocycles. The standard InChI is InChI=1S/C48H45N2O.C14H15FGeN.Ir/c1-30(2)40-26-36(34-22-20-32(21-23-34)29-48(5,6)7)27-41(31(3)4)45(40)50-43-19-12-11-18-42(43)49-47(50)39-17-13-16-38-37-25-24-35(28-44(37)51-46(38)39)33-14-9-8-10-15-33;1-16(2,3)13-8-9-14(17-10-13)11-4-6-12(15)7-5-11;/h8-16,18-28,30-31H,29H2,1-7H3;4,6-10H,1-3H3;/q2*-1;/i22D,23D,29D2;;. The third kappa shape index (κ3) is 10.6. The zero-order valence-electron chi connectivity index (χ0n) is 45.0. The molecule has 0 saturated heterocycles. The van der Waals surface area contributed by atoms with Crippen LogP contribution in [0.5, 0.6) is 0 Å². The van der Waals surface area contributed by atoms with Crippen LogP contribution in [0.4, 0.5) is 4.39 Å². The number of fused-ring (bicyclic) bond motifs is 4. The number of para-hydroxylation sites is 2. The fraction of sp³-hybridized carbons (Fsp3) is 0.226. The van der Waals surface area contributed by atoms with Gasteiger partial charge in [0.25, 0.3) is 0 Å². The van der Waals surface area contributed by atoms with Crippen molar-refractivity contribution in [2.75, 3.05) is 0 Å². The van der Waals surface area contributed by atoms with E-state index in [0.717, 1.165) is 89.1 Å². The summed E-state index contributed by atoms with van der Waals surface area (Å²) in [5.74, 6) is 7.60. The number of imidazole rings is 1. The molecule has 0 aliphatic rings. The van der Waals surface area contributed by atoms with Crippen LogP contribution in [0.2, 0.25) is 17.3 Å². The maximum Gasteiger partial charge on any atom is 0 e. The third-order valence-electron chi connectivity index (χ3n) is 12.2. The number of rotatable bonds is 9. The number of aromatic nitrogens is 3. The predicted molar refractivity (Wildman–Crippen MR) is 286 cm³/mol. The van der Waals surface area contributed by atoms with Gasteiger partial charge in [-0.3, -0.25) is 4.98 Å². The zero-order chi connectivity index (χ0) is 51.4. The first-order valence-corrected chi connectivity index (χ1v) is 30.8. The molecular weight excluding hydrogens is 1090 g/mol. The van der Waals surface area contributed by atoms with Crippen molar-refractivity contribution in [2.24, 2.45) is 5.41 Å². The van der Waals surface area contributed by atoms with Crippen molar-refractivity contribution in [2.45, 2.75) is 83.9 Å². The SMILES string of the molecule is [2H]c1cc(C([2H])([2H])C(C)(C)C)cc([2H])c1-c1cc(C(C)C)c(-n2c(-c3[c-]ccc4c3oc3cc(-c5ccccc5)ccc34)nc3ccccc32)c(C(C)C)c1.[CH3][Ge]([CH3])([CH3])[c]1ccc(-c2[c-]cc(F)cc2)nc1.[Ir]. The number of nitrogens with zero attached hydrogens (tertiary/aromatic N) is 3. The summed E-state index contributed by atoms with van der Waals surface area (Å²) in [6.45, 7) is 14.2. The van der Waals surface area contributed by atoms with E-state index in [4.69, 9.17) is 14.9 Å². The predicted octanol–water partition coefficient (Wildman–Crippen LogP) is 16.8. The molecule has 3 aromatic heterocycles. The molecule has 0 fully saturated rings. The van der Waals surface area contributed by atoms with Crippen LogP contribution in [-0.2, 0) is 26.5 Å². The van der Waals surface area contributed by atoms with E-state index < -0.39 is 25.1 Å². The fourth-order valence-corrected chi connectivity index (χ4v) is 10.9. The molecule has 69 heavy (non-hydrogen) atoms. The summed E-state index contributed by atoms with van der Waals surface area (Å²) in [5.41, 5.74) is 12.0. The smallest absolute Gasteiger partial charge is 0 e. The molecule has 7 aromatic carbocycles. The van der Waals surface area contributed by atoms with E-state index in [-0.39, 0.29) is 49.8 Å². The Morgan fingerprint density at radius 2 is 1.43 bits per heavy atom. The molecule has 4 nitrogen and oxygen atoms in total. The molecule has 0 atom stereocenters. The minimum atomic E-state index is -1.79. The van der Waals surface area contributed by atoms with E-state index in [1.54, 1.807) is 18.2 Å². The van der Waals surface area contributed by atoms with Crippen LogP contribution in [-0.4, -0.2) is 27.8 Å². The first kappa shape index (κ1) is 44.3. The zero-order valence-corrected chi connectivity index (χ0v) is 45.5. The van der Waals surface area contributed by atoms with Crippen LogP contribution in [0.1, 0.15) is 82.5 Å². The van der Waals surface area contributed by atoms with E-state index in [1.807, 2.05) is 75.5 Å². The first-order valence-electron chi connectivity index (χ1n) is 25.5. The molecule has 0 saturated carbocycles. The number of hydrogen-bond acceptors (Lipinski definition) is 3. The Morgan fingerprint density at radius 1 is 0.739 bits per heavy atom. The minimum absolute atomic E-state index is 0. The van der Waals surface area contributed by atoms with E-state index in [1.165, 1.54) is 16.5 Å². The fourth-order valence-electron chi connectivity index (χ4n) is 8.72. The molecule has 0 amide bonds. The van der Waals surface area contributed by atoms with Gasteiger partial charge in [0.15, 0.2) is 0 Å². The molecule has 1 radical (unpaired) electrons. The average molecular weight is 1150 g/mol. The van der Waals surface area contributed by atoms with E-state index in [2.05, 4.69) is 127 Å². The second-order valence-electron chi connectivity index (χ2n) is 20.2. The monoisotopic (exact) mass is 1150 g/mol. The summed E-state index contributed by atoms with van der Waals surface area (Å²) in [7, 11) is 0. The van der Waals surface area contributed by atoms with Crippen molar-refractivity contribution in [3.63, 3.8) is 0 Å². The normalized spacial score (nSPS) is 12.9. The minimum Gasteiger partial charge on any atom is 0 e. The Kier molecular flexibility index (Phi) is 13.0. The van der Waals surface area contributed by atoms with Gasteiger partial charge in [0.05, 0.1) is 25.2 Å². The Balaban J connectivity index is 0.000000335. The number of hydrogen-bond donors (Lipinski definition) is 0. The van der Waals surface area contributed by atoms with Gasteiger partial charge in [-0.2, -0.15) is 0 Å². The Labute approximate surface area is 429 Å². The van der Waals surface area contributed by atoms with Gasteiger partial charge < -0.3 is 8.98 Å². The number of halogens is 1. The molecule has 3 heterocycles. The largest absolute Gasteiger partial charge is 0 e. The number of benzene rings is 7. The molecule has 7 heteroatoms. The van der Waals surface area contributed by atoms with Gasteiger partial charge in [0.2, 0.25) is 0 Å². The number of furan rings is 1. The molecule has 351 valence electrons. The van der Waals surface area contributed by atoms with Crippen LogP contribution in [0.3, 0.4) is 0 Å². The summed E-state index contributed by atoms with van der Waals surface area (Å²) >= 11 is -1.79. The molecule has 0 unspecified atom stereocenters. The van der Waals surface area contributed by atoms with Crippen LogP contribution in [0.25, 0.3) is 83.6 Å². The summed E-state index contributed by atoms with van der Waals surface area (Å²) in [6.07, 6.45) is 0.239.